The Morgan fingerprint density at radius 3 is 2.65 bits per heavy atom. The van der Waals surface area contributed by atoms with Gasteiger partial charge in [-0.15, -0.1) is 0 Å². The van der Waals surface area contributed by atoms with E-state index in [1.165, 1.54) is 12.1 Å². The number of carbonyl (C=O) groups is 1. The van der Waals surface area contributed by atoms with Gasteiger partial charge in [-0.2, -0.15) is 5.10 Å². The van der Waals surface area contributed by atoms with E-state index in [0.29, 0.717) is 5.58 Å². The number of fused-ring (bicyclic) bond motifs is 1. The predicted octanol–water partition coefficient (Wildman–Crippen LogP) is 2.31. The predicted molar refractivity (Wildman–Crippen MR) is 82.7 cm³/mol. The third-order valence-electron chi connectivity index (χ3n) is 3.18. The van der Waals surface area contributed by atoms with Crippen LogP contribution in [0.25, 0.3) is 11.0 Å². The van der Waals surface area contributed by atoms with Gasteiger partial charge in [-0.1, -0.05) is 18.2 Å². The molecule has 7 nitrogen and oxygen atoms in total. The number of hydrogen-bond acceptors (Lipinski definition) is 6. The maximum atomic E-state index is 11.9. The average molecular weight is 312 g/mol. The number of furan rings is 1. The van der Waals surface area contributed by atoms with Gasteiger partial charge in [-0.05, 0) is 24.3 Å². The Balaban J connectivity index is 1.75. The Hall–Kier alpha value is -3.48. The molecule has 1 amide bonds. The first kappa shape index (κ1) is 14.5. The molecule has 0 saturated carbocycles. The smallest absolute Gasteiger partial charge is 0.307 e. The van der Waals surface area contributed by atoms with Crippen LogP contribution in [0.4, 0.5) is 0 Å². The van der Waals surface area contributed by atoms with Gasteiger partial charge >= 0.3 is 5.91 Å². The number of hydrogen-bond donors (Lipinski definition) is 4. The van der Waals surface area contributed by atoms with E-state index >= 15 is 0 Å². The largest absolute Gasteiger partial charge is 0.504 e. The van der Waals surface area contributed by atoms with Crippen LogP contribution in [0.15, 0.2) is 52.0 Å². The highest BCUT2D eigenvalue weighted by Gasteiger charge is 2.12. The fraction of sp³-hybridized carbons (Fsp3) is 0. The third kappa shape index (κ3) is 2.80. The molecular formula is C16H12N2O5. The molecule has 0 aliphatic heterocycles. The van der Waals surface area contributed by atoms with Crippen LogP contribution in [0.1, 0.15) is 16.1 Å². The second-order valence-electron chi connectivity index (χ2n) is 4.72. The molecule has 2 aromatic carbocycles. The number of benzene rings is 2. The summed E-state index contributed by atoms with van der Waals surface area (Å²) in [6, 6.07) is 11.3. The molecular weight excluding hydrogens is 300 g/mol. The first-order chi connectivity index (χ1) is 11.1. The van der Waals surface area contributed by atoms with E-state index in [1.54, 1.807) is 18.2 Å². The minimum absolute atomic E-state index is 0.0983. The molecule has 0 atom stereocenters. The lowest BCUT2D eigenvalue weighted by Gasteiger charge is -2.03. The molecule has 4 N–H and O–H groups in total. The highest BCUT2D eigenvalue weighted by Crippen LogP contribution is 2.36. The van der Waals surface area contributed by atoms with Crippen molar-refractivity contribution in [2.75, 3.05) is 0 Å². The summed E-state index contributed by atoms with van der Waals surface area (Å²) < 4.78 is 5.38. The highest BCUT2D eigenvalue weighted by atomic mass is 16.3. The Morgan fingerprint density at radius 1 is 1.09 bits per heavy atom. The molecule has 0 fully saturated rings. The number of phenols is 3. The average Bonchev–Trinajstić information content (AvgIpc) is 2.99. The van der Waals surface area contributed by atoms with Crippen molar-refractivity contribution in [3.63, 3.8) is 0 Å². The number of carbonyl (C=O) groups excluding carboxylic acids is 1. The monoisotopic (exact) mass is 312 g/mol. The van der Waals surface area contributed by atoms with Crippen LogP contribution >= 0.6 is 0 Å². The van der Waals surface area contributed by atoms with Crippen LogP contribution in [0.5, 0.6) is 17.2 Å². The summed E-state index contributed by atoms with van der Waals surface area (Å²) >= 11 is 0. The van der Waals surface area contributed by atoms with Gasteiger partial charge in [0.15, 0.2) is 17.3 Å². The van der Waals surface area contributed by atoms with Gasteiger partial charge < -0.3 is 19.7 Å². The topological polar surface area (TPSA) is 115 Å². The summed E-state index contributed by atoms with van der Waals surface area (Å²) in [5.41, 5.74) is 2.97. The van der Waals surface area contributed by atoms with Crippen LogP contribution < -0.4 is 5.43 Å². The van der Waals surface area contributed by atoms with Gasteiger partial charge in [-0.25, -0.2) is 5.43 Å². The Labute approximate surface area is 130 Å². The fourth-order valence-corrected chi connectivity index (χ4v) is 2.00. The zero-order valence-corrected chi connectivity index (χ0v) is 11.7. The zero-order valence-electron chi connectivity index (χ0n) is 11.7. The van der Waals surface area contributed by atoms with Gasteiger partial charge in [0.05, 0.1) is 6.21 Å². The molecule has 0 bridgehead atoms. The molecule has 1 heterocycles. The quantitative estimate of drug-likeness (QED) is 0.336. The second-order valence-corrected chi connectivity index (χ2v) is 4.72. The number of rotatable bonds is 3. The molecule has 0 aliphatic carbocycles. The van der Waals surface area contributed by atoms with Crippen molar-refractivity contribution in [1.29, 1.82) is 0 Å². The van der Waals surface area contributed by atoms with E-state index in [0.717, 1.165) is 11.6 Å². The van der Waals surface area contributed by atoms with Gasteiger partial charge in [-0.3, -0.25) is 4.79 Å². The number of para-hydroxylation sites is 1. The first-order valence-corrected chi connectivity index (χ1v) is 6.62. The van der Waals surface area contributed by atoms with Crippen molar-refractivity contribution in [3.8, 4) is 17.2 Å². The lowest BCUT2D eigenvalue weighted by atomic mass is 10.2. The van der Waals surface area contributed by atoms with Crippen molar-refractivity contribution in [3.05, 3.63) is 53.8 Å². The summed E-state index contributed by atoms with van der Waals surface area (Å²) in [5.74, 6) is -2.10. The molecule has 0 unspecified atom stereocenters. The van der Waals surface area contributed by atoms with Crippen molar-refractivity contribution in [1.82, 2.24) is 5.43 Å². The Bertz CT molecular complexity index is 881. The maximum Gasteiger partial charge on any atom is 0.307 e. The summed E-state index contributed by atoms with van der Waals surface area (Å²) in [6.45, 7) is 0. The number of nitrogens with one attached hydrogen (secondary N) is 1. The fourth-order valence-electron chi connectivity index (χ4n) is 2.00. The molecule has 0 radical (unpaired) electrons. The van der Waals surface area contributed by atoms with Gasteiger partial charge in [0, 0.05) is 10.9 Å². The van der Waals surface area contributed by atoms with E-state index in [9.17, 15) is 20.1 Å². The second kappa shape index (κ2) is 5.72. The normalized spacial score (nSPS) is 11.1. The lowest BCUT2D eigenvalue weighted by Crippen LogP contribution is -2.16. The molecule has 116 valence electrons. The summed E-state index contributed by atoms with van der Waals surface area (Å²) in [4.78, 5) is 11.9. The molecule has 0 saturated heterocycles. The SMILES string of the molecule is O=C(N/N=C/c1ccc(O)c(O)c1O)c1cc2ccccc2o1. The van der Waals surface area contributed by atoms with Crippen LogP contribution in [0.3, 0.4) is 0 Å². The number of phenolic OH excluding ortho intramolecular Hbond substituents is 3. The molecule has 3 aromatic rings. The van der Waals surface area contributed by atoms with Crippen molar-refractivity contribution in [2.24, 2.45) is 5.10 Å². The Kier molecular flexibility index (Phi) is 3.60. The van der Waals surface area contributed by atoms with Crippen molar-refractivity contribution < 1.29 is 24.5 Å². The number of hydrazone groups is 1. The van der Waals surface area contributed by atoms with Gasteiger partial charge in [0.1, 0.15) is 5.58 Å². The number of aromatic hydroxyl groups is 3. The number of nitrogens with zero attached hydrogens (tertiary/aromatic N) is 1. The zero-order chi connectivity index (χ0) is 16.4. The highest BCUT2D eigenvalue weighted by molar-refractivity contribution is 5.96. The molecule has 3 rings (SSSR count). The first-order valence-electron chi connectivity index (χ1n) is 6.62. The molecule has 0 spiro atoms. The maximum absolute atomic E-state index is 11.9. The van der Waals surface area contributed by atoms with Crippen LogP contribution in [0, 0.1) is 0 Å². The summed E-state index contributed by atoms with van der Waals surface area (Å²) in [7, 11) is 0. The van der Waals surface area contributed by atoms with E-state index in [2.05, 4.69) is 10.5 Å². The minimum Gasteiger partial charge on any atom is -0.504 e. The van der Waals surface area contributed by atoms with E-state index in [-0.39, 0.29) is 11.3 Å². The van der Waals surface area contributed by atoms with Crippen LogP contribution in [0.2, 0.25) is 0 Å². The molecule has 1 aromatic heterocycles. The van der Waals surface area contributed by atoms with Crippen LogP contribution in [-0.2, 0) is 0 Å². The summed E-state index contributed by atoms with van der Waals surface area (Å²) in [6.07, 6.45) is 1.13. The number of amides is 1. The van der Waals surface area contributed by atoms with E-state index in [1.807, 2.05) is 12.1 Å². The standard InChI is InChI=1S/C16H12N2O5/c19-11-6-5-10(14(20)15(11)21)8-17-18-16(22)13-7-9-3-1-2-4-12(9)23-13/h1-8,19-21H,(H,18,22)/b17-8+. The summed E-state index contributed by atoms with van der Waals surface area (Å²) in [5, 5.41) is 32.7. The minimum atomic E-state index is -0.655. The van der Waals surface area contributed by atoms with E-state index in [4.69, 9.17) is 4.42 Å². The van der Waals surface area contributed by atoms with Crippen molar-refractivity contribution in [2.45, 2.75) is 0 Å². The van der Waals surface area contributed by atoms with Crippen molar-refractivity contribution >= 4 is 23.1 Å². The lowest BCUT2D eigenvalue weighted by molar-refractivity contribution is 0.0929. The molecule has 23 heavy (non-hydrogen) atoms. The molecule has 7 heteroatoms. The van der Waals surface area contributed by atoms with Gasteiger partial charge in [0.2, 0.25) is 5.75 Å². The van der Waals surface area contributed by atoms with E-state index < -0.39 is 23.2 Å². The van der Waals surface area contributed by atoms with Gasteiger partial charge in [0.25, 0.3) is 0 Å². The third-order valence-corrected chi connectivity index (χ3v) is 3.18. The van der Waals surface area contributed by atoms with Crippen LogP contribution in [-0.4, -0.2) is 27.4 Å². The molecule has 0 aliphatic rings. The Morgan fingerprint density at radius 2 is 1.87 bits per heavy atom.